The van der Waals surface area contributed by atoms with E-state index in [-0.39, 0.29) is 18.9 Å². The van der Waals surface area contributed by atoms with E-state index >= 15 is 0 Å². The van der Waals surface area contributed by atoms with Crippen molar-refractivity contribution in [2.45, 2.75) is 26.5 Å². The highest BCUT2D eigenvalue weighted by Crippen LogP contribution is 2.25. The molecule has 0 amide bonds. The molecule has 0 aliphatic rings. The molecule has 5 heteroatoms. The summed E-state index contributed by atoms with van der Waals surface area (Å²) in [5.41, 5.74) is 5.76. The Morgan fingerprint density at radius 2 is 1.79 bits per heavy atom. The Kier molecular flexibility index (Phi) is 4.50. The number of benzene rings is 1. The highest BCUT2D eigenvalue weighted by molar-refractivity contribution is 7.11. The van der Waals surface area contributed by atoms with Gasteiger partial charge >= 0.3 is 0 Å². The van der Waals surface area contributed by atoms with E-state index < -0.39 is 11.6 Å². The highest BCUT2D eigenvalue weighted by Gasteiger charge is 2.12. The number of hydrogen-bond donors (Lipinski definition) is 1. The first-order valence-corrected chi connectivity index (χ1v) is 6.84. The summed E-state index contributed by atoms with van der Waals surface area (Å²) in [6.45, 7) is 2.32. The molecule has 0 fully saturated rings. The van der Waals surface area contributed by atoms with Gasteiger partial charge in [0.15, 0.2) is 17.4 Å². The highest BCUT2D eigenvalue weighted by atomic mass is 32.1. The van der Waals surface area contributed by atoms with Crippen LogP contribution in [0.5, 0.6) is 5.75 Å². The van der Waals surface area contributed by atoms with Crippen LogP contribution in [0.4, 0.5) is 8.78 Å². The molecule has 0 spiro atoms. The number of hydrogen-bond acceptors (Lipinski definition) is 3. The lowest BCUT2D eigenvalue weighted by Gasteiger charge is -2.08. The molecule has 102 valence electrons. The van der Waals surface area contributed by atoms with E-state index in [1.54, 1.807) is 11.3 Å². The van der Waals surface area contributed by atoms with Gasteiger partial charge in [-0.05, 0) is 36.2 Å². The van der Waals surface area contributed by atoms with Gasteiger partial charge in [0.2, 0.25) is 0 Å². The Balaban J connectivity index is 2.11. The van der Waals surface area contributed by atoms with Gasteiger partial charge in [-0.2, -0.15) is 0 Å². The van der Waals surface area contributed by atoms with Crippen molar-refractivity contribution in [3.05, 3.63) is 51.2 Å². The SMILES string of the molecule is CCc1ccc(COc2c(F)cc(CN)cc2F)s1. The Morgan fingerprint density at radius 3 is 2.32 bits per heavy atom. The van der Waals surface area contributed by atoms with Crippen molar-refractivity contribution in [3.63, 3.8) is 0 Å². The molecule has 1 aromatic heterocycles. The summed E-state index contributed by atoms with van der Waals surface area (Å²) in [5.74, 6) is -1.77. The van der Waals surface area contributed by atoms with E-state index in [1.807, 2.05) is 12.1 Å². The summed E-state index contributed by atoms with van der Waals surface area (Å²) >= 11 is 1.58. The zero-order valence-corrected chi connectivity index (χ0v) is 11.4. The maximum atomic E-state index is 13.7. The number of nitrogens with two attached hydrogens (primary N) is 1. The van der Waals surface area contributed by atoms with Gasteiger partial charge in [-0.25, -0.2) is 8.78 Å². The fourth-order valence-corrected chi connectivity index (χ4v) is 2.57. The van der Waals surface area contributed by atoms with Crippen molar-refractivity contribution in [1.29, 1.82) is 0 Å². The third-order valence-electron chi connectivity index (χ3n) is 2.72. The molecule has 2 nitrogen and oxygen atoms in total. The minimum absolute atomic E-state index is 0.0961. The van der Waals surface area contributed by atoms with Crippen LogP contribution >= 0.6 is 11.3 Å². The van der Waals surface area contributed by atoms with Crippen molar-refractivity contribution < 1.29 is 13.5 Å². The zero-order chi connectivity index (χ0) is 13.8. The molecule has 0 unspecified atom stereocenters. The molecular weight excluding hydrogens is 268 g/mol. The fraction of sp³-hybridized carbons (Fsp3) is 0.286. The maximum absolute atomic E-state index is 13.7. The lowest BCUT2D eigenvalue weighted by atomic mass is 10.2. The van der Waals surface area contributed by atoms with E-state index in [2.05, 4.69) is 6.92 Å². The first-order valence-electron chi connectivity index (χ1n) is 6.02. The van der Waals surface area contributed by atoms with Gasteiger partial charge in [-0.3, -0.25) is 0 Å². The van der Waals surface area contributed by atoms with Crippen molar-refractivity contribution >= 4 is 11.3 Å². The Labute approximate surface area is 114 Å². The summed E-state index contributed by atoms with van der Waals surface area (Å²) < 4.78 is 32.5. The minimum atomic E-state index is -0.715. The predicted molar refractivity (Wildman–Crippen MR) is 72.3 cm³/mol. The Morgan fingerprint density at radius 1 is 1.16 bits per heavy atom. The average molecular weight is 283 g/mol. The first kappa shape index (κ1) is 14.0. The third-order valence-corrected chi connectivity index (χ3v) is 3.92. The zero-order valence-electron chi connectivity index (χ0n) is 10.6. The van der Waals surface area contributed by atoms with E-state index in [4.69, 9.17) is 10.5 Å². The van der Waals surface area contributed by atoms with Gasteiger partial charge in [0.05, 0.1) is 0 Å². The molecule has 0 radical (unpaired) electrons. The molecule has 19 heavy (non-hydrogen) atoms. The number of halogens is 2. The van der Waals surface area contributed by atoms with Crippen molar-refractivity contribution in [3.8, 4) is 5.75 Å². The van der Waals surface area contributed by atoms with Crippen LogP contribution in [0.15, 0.2) is 24.3 Å². The molecule has 0 saturated carbocycles. The smallest absolute Gasteiger partial charge is 0.191 e. The Bertz CT molecular complexity index is 545. The minimum Gasteiger partial charge on any atom is -0.482 e. The molecule has 0 aliphatic carbocycles. The quantitative estimate of drug-likeness (QED) is 0.909. The predicted octanol–water partition coefficient (Wildman–Crippen LogP) is 3.63. The van der Waals surface area contributed by atoms with Crippen LogP contribution in [0.3, 0.4) is 0 Å². The van der Waals surface area contributed by atoms with Gasteiger partial charge in [0, 0.05) is 16.3 Å². The fourth-order valence-electron chi connectivity index (χ4n) is 1.70. The number of ether oxygens (including phenoxy) is 1. The summed E-state index contributed by atoms with van der Waals surface area (Å²) in [6.07, 6.45) is 0.943. The number of thiophene rings is 1. The Hall–Kier alpha value is -1.46. The molecule has 0 aliphatic heterocycles. The molecule has 1 aromatic carbocycles. The standard InChI is InChI=1S/C14H15F2NOS/c1-2-10-3-4-11(19-10)8-18-14-12(15)5-9(7-17)6-13(14)16/h3-6H,2,7-8,17H2,1H3. The molecular formula is C14H15F2NOS. The molecule has 0 atom stereocenters. The van der Waals surface area contributed by atoms with E-state index in [0.717, 1.165) is 11.3 Å². The van der Waals surface area contributed by atoms with Crippen LogP contribution in [-0.4, -0.2) is 0 Å². The molecule has 2 N–H and O–H groups in total. The van der Waals surface area contributed by atoms with E-state index in [0.29, 0.717) is 5.56 Å². The van der Waals surface area contributed by atoms with Gasteiger partial charge in [0.1, 0.15) is 6.61 Å². The summed E-state index contributed by atoms with van der Waals surface area (Å²) in [4.78, 5) is 2.16. The van der Waals surface area contributed by atoms with Gasteiger partial charge in [-0.15, -0.1) is 11.3 Å². The van der Waals surface area contributed by atoms with Crippen molar-refractivity contribution in [2.24, 2.45) is 5.73 Å². The van der Waals surface area contributed by atoms with Crippen LogP contribution in [-0.2, 0) is 19.6 Å². The summed E-state index contributed by atoms with van der Waals surface area (Å²) in [7, 11) is 0. The molecule has 0 saturated heterocycles. The maximum Gasteiger partial charge on any atom is 0.191 e. The first-order chi connectivity index (χ1) is 9.13. The lowest BCUT2D eigenvalue weighted by Crippen LogP contribution is -2.02. The topological polar surface area (TPSA) is 35.2 Å². The van der Waals surface area contributed by atoms with Gasteiger partial charge in [-0.1, -0.05) is 6.92 Å². The molecule has 0 bridgehead atoms. The second kappa shape index (κ2) is 6.12. The lowest BCUT2D eigenvalue weighted by molar-refractivity contribution is 0.276. The molecule has 2 rings (SSSR count). The van der Waals surface area contributed by atoms with Crippen molar-refractivity contribution in [1.82, 2.24) is 0 Å². The second-order valence-electron chi connectivity index (χ2n) is 4.10. The van der Waals surface area contributed by atoms with Crippen LogP contribution in [0.25, 0.3) is 0 Å². The molecule has 2 aromatic rings. The normalized spacial score (nSPS) is 10.7. The average Bonchev–Trinajstić information content (AvgIpc) is 2.85. The third kappa shape index (κ3) is 3.30. The molecule has 1 heterocycles. The number of rotatable bonds is 5. The summed E-state index contributed by atoms with van der Waals surface area (Å²) in [6, 6.07) is 6.30. The van der Waals surface area contributed by atoms with Gasteiger partial charge in [0.25, 0.3) is 0 Å². The second-order valence-corrected chi connectivity index (χ2v) is 5.36. The largest absolute Gasteiger partial charge is 0.482 e. The number of aryl methyl sites for hydroxylation is 1. The van der Waals surface area contributed by atoms with E-state index in [1.165, 1.54) is 17.0 Å². The summed E-state index contributed by atoms with van der Waals surface area (Å²) in [5, 5.41) is 0. The van der Waals surface area contributed by atoms with Crippen LogP contribution in [0.1, 0.15) is 22.2 Å². The van der Waals surface area contributed by atoms with Crippen LogP contribution in [0, 0.1) is 11.6 Å². The van der Waals surface area contributed by atoms with E-state index in [9.17, 15) is 8.78 Å². The van der Waals surface area contributed by atoms with Gasteiger partial charge < -0.3 is 10.5 Å². The van der Waals surface area contributed by atoms with Crippen LogP contribution < -0.4 is 10.5 Å². The van der Waals surface area contributed by atoms with Crippen LogP contribution in [0.2, 0.25) is 0 Å². The monoisotopic (exact) mass is 283 g/mol. The van der Waals surface area contributed by atoms with Crippen molar-refractivity contribution in [2.75, 3.05) is 0 Å².